The highest BCUT2D eigenvalue weighted by Gasteiger charge is 2.18. The van der Waals surface area contributed by atoms with Crippen molar-refractivity contribution in [2.45, 2.75) is 13.5 Å². The van der Waals surface area contributed by atoms with Gasteiger partial charge in [0.25, 0.3) is 5.56 Å². The number of aliphatic hydroxyl groups is 1. The molecule has 1 amide bonds. The van der Waals surface area contributed by atoms with Crippen molar-refractivity contribution in [2.24, 2.45) is 0 Å². The van der Waals surface area contributed by atoms with Gasteiger partial charge in [-0.05, 0) is 6.92 Å². The Labute approximate surface area is 119 Å². The van der Waals surface area contributed by atoms with Crippen molar-refractivity contribution in [1.29, 1.82) is 0 Å². The maximum Gasteiger partial charge on any atom is 0.328 e. The molecule has 9 nitrogen and oxygen atoms in total. The van der Waals surface area contributed by atoms with Crippen LogP contribution >= 0.6 is 0 Å². The second-order valence-electron chi connectivity index (χ2n) is 4.31. The number of methoxy groups -OCH3 is 1. The molecule has 0 saturated carbocycles. The van der Waals surface area contributed by atoms with E-state index in [1.54, 1.807) is 0 Å². The summed E-state index contributed by atoms with van der Waals surface area (Å²) >= 11 is 0. The topological polar surface area (TPSA) is 122 Å². The first-order valence-electron chi connectivity index (χ1n) is 6.14. The lowest BCUT2D eigenvalue weighted by molar-refractivity contribution is -0.147. The number of hydrogen-bond donors (Lipinski definition) is 2. The second kappa shape index (κ2) is 7.39. The van der Waals surface area contributed by atoms with Gasteiger partial charge in [0.2, 0.25) is 5.91 Å². The number of amides is 1. The second-order valence-corrected chi connectivity index (χ2v) is 4.31. The minimum atomic E-state index is -0.721. The van der Waals surface area contributed by atoms with Crippen LogP contribution in [-0.4, -0.2) is 58.2 Å². The van der Waals surface area contributed by atoms with Crippen LogP contribution in [0.25, 0.3) is 0 Å². The molecule has 0 aliphatic heterocycles. The van der Waals surface area contributed by atoms with Crippen molar-refractivity contribution in [3.63, 3.8) is 0 Å². The Bertz CT molecular complexity index is 633. The van der Waals surface area contributed by atoms with Crippen LogP contribution in [0.3, 0.4) is 0 Å². The quantitative estimate of drug-likeness (QED) is 0.577. The van der Waals surface area contributed by atoms with Crippen LogP contribution in [0.15, 0.2) is 15.8 Å². The van der Waals surface area contributed by atoms with Crippen molar-refractivity contribution in [3.05, 3.63) is 32.6 Å². The molecule has 0 aromatic carbocycles. The maximum atomic E-state index is 12.1. The van der Waals surface area contributed by atoms with Gasteiger partial charge in [-0.3, -0.25) is 23.9 Å². The minimum Gasteiger partial charge on any atom is -0.468 e. The van der Waals surface area contributed by atoms with Gasteiger partial charge >= 0.3 is 11.7 Å². The Kier molecular flexibility index (Phi) is 5.85. The average Bonchev–Trinajstić information content (AvgIpc) is 2.43. The van der Waals surface area contributed by atoms with Crippen molar-refractivity contribution < 1.29 is 19.4 Å². The summed E-state index contributed by atoms with van der Waals surface area (Å²) in [4.78, 5) is 49.2. The van der Waals surface area contributed by atoms with Gasteiger partial charge in [0.05, 0.1) is 13.7 Å². The zero-order valence-electron chi connectivity index (χ0n) is 11.8. The highest BCUT2D eigenvalue weighted by atomic mass is 16.5. The first kappa shape index (κ1) is 16.6. The molecule has 0 bridgehead atoms. The number of H-pyrrole nitrogens is 1. The Morgan fingerprint density at radius 1 is 1.43 bits per heavy atom. The van der Waals surface area contributed by atoms with Gasteiger partial charge in [-0.1, -0.05) is 0 Å². The summed E-state index contributed by atoms with van der Waals surface area (Å²) in [6, 6.07) is 0. The Morgan fingerprint density at radius 2 is 2.10 bits per heavy atom. The smallest absolute Gasteiger partial charge is 0.328 e. The summed E-state index contributed by atoms with van der Waals surface area (Å²) in [7, 11) is 1.18. The molecule has 9 heteroatoms. The SMILES string of the molecule is COC(=O)CN(CCO)C(=O)Cn1cc(C)c(=O)[nH]c1=O. The lowest BCUT2D eigenvalue weighted by atomic mass is 10.3. The molecule has 0 radical (unpaired) electrons. The van der Waals surface area contributed by atoms with Gasteiger partial charge in [0.1, 0.15) is 13.1 Å². The number of carbonyl (C=O) groups is 2. The van der Waals surface area contributed by atoms with Gasteiger partial charge < -0.3 is 14.7 Å². The molecule has 2 N–H and O–H groups in total. The highest BCUT2D eigenvalue weighted by molar-refractivity contribution is 5.81. The number of aromatic nitrogens is 2. The van der Waals surface area contributed by atoms with E-state index in [0.29, 0.717) is 0 Å². The molecule has 1 rings (SSSR count). The molecule has 21 heavy (non-hydrogen) atoms. The Balaban J connectivity index is 2.91. The summed E-state index contributed by atoms with van der Waals surface area (Å²) in [5.74, 6) is -1.19. The number of nitrogens with zero attached hydrogens (tertiary/aromatic N) is 2. The predicted octanol–water partition coefficient (Wildman–Crippen LogP) is -2.16. The summed E-state index contributed by atoms with van der Waals surface area (Å²) in [5, 5.41) is 8.91. The highest BCUT2D eigenvalue weighted by Crippen LogP contribution is 1.95. The zero-order chi connectivity index (χ0) is 16.0. The van der Waals surface area contributed by atoms with E-state index < -0.39 is 23.1 Å². The number of rotatable bonds is 6. The third-order valence-corrected chi connectivity index (χ3v) is 2.76. The number of aliphatic hydroxyl groups excluding tert-OH is 1. The number of esters is 1. The largest absolute Gasteiger partial charge is 0.468 e. The van der Waals surface area contributed by atoms with Gasteiger partial charge in [-0.25, -0.2) is 4.79 Å². The van der Waals surface area contributed by atoms with E-state index in [1.165, 1.54) is 20.2 Å². The van der Waals surface area contributed by atoms with Crippen LogP contribution in [0.1, 0.15) is 5.56 Å². The molecular weight excluding hydrogens is 282 g/mol. The standard InChI is InChI=1S/C12H17N3O6/c1-8-5-15(12(20)13-11(8)19)6-9(17)14(3-4-16)7-10(18)21-2/h5,16H,3-4,6-7H2,1-2H3,(H,13,19,20). The van der Waals surface area contributed by atoms with Crippen LogP contribution < -0.4 is 11.2 Å². The molecule has 116 valence electrons. The molecule has 0 atom stereocenters. The average molecular weight is 299 g/mol. The van der Waals surface area contributed by atoms with Crippen molar-refractivity contribution in [2.75, 3.05) is 26.8 Å². The first-order valence-corrected chi connectivity index (χ1v) is 6.14. The zero-order valence-corrected chi connectivity index (χ0v) is 11.8. The molecule has 0 saturated heterocycles. The van der Waals surface area contributed by atoms with E-state index in [1.807, 2.05) is 0 Å². The van der Waals surface area contributed by atoms with Gasteiger partial charge in [-0.15, -0.1) is 0 Å². The van der Waals surface area contributed by atoms with Crippen molar-refractivity contribution in [3.8, 4) is 0 Å². The fraction of sp³-hybridized carbons (Fsp3) is 0.500. The van der Waals surface area contributed by atoms with E-state index in [0.717, 1.165) is 9.47 Å². The summed E-state index contributed by atoms with van der Waals surface area (Å²) in [6.07, 6.45) is 1.26. The number of aromatic amines is 1. The minimum absolute atomic E-state index is 0.0645. The van der Waals surface area contributed by atoms with Crippen LogP contribution in [0.4, 0.5) is 0 Å². The lowest BCUT2D eigenvalue weighted by Gasteiger charge is -2.20. The molecular formula is C12H17N3O6. The predicted molar refractivity (Wildman–Crippen MR) is 71.7 cm³/mol. The Hall–Kier alpha value is -2.42. The number of aryl methyl sites for hydroxylation is 1. The van der Waals surface area contributed by atoms with E-state index in [4.69, 9.17) is 5.11 Å². The van der Waals surface area contributed by atoms with Crippen LogP contribution in [0, 0.1) is 6.92 Å². The van der Waals surface area contributed by atoms with Crippen LogP contribution in [0.5, 0.6) is 0 Å². The van der Waals surface area contributed by atoms with E-state index in [9.17, 15) is 19.2 Å². The van der Waals surface area contributed by atoms with Crippen LogP contribution in [-0.2, 0) is 20.9 Å². The molecule has 0 spiro atoms. The molecule has 1 aromatic heterocycles. The first-order chi connectivity index (χ1) is 9.88. The fourth-order valence-electron chi connectivity index (χ4n) is 1.61. The third-order valence-electron chi connectivity index (χ3n) is 2.76. The monoisotopic (exact) mass is 299 g/mol. The normalized spacial score (nSPS) is 10.2. The maximum absolute atomic E-state index is 12.1. The third kappa shape index (κ3) is 4.56. The van der Waals surface area contributed by atoms with Crippen LogP contribution in [0.2, 0.25) is 0 Å². The van der Waals surface area contributed by atoms with Gasteiger partial charge in [0.15, 0.2) is 0 Å². The molecule has 1 aromatic rings. The van der Waals surface area contributed by atoms with E-state index in [-0.39, 0.29) is 31.8 Å². The molecule has 0 fully saturated rings. The van der Waals surface area contributed by atoms with Gasteiger partial charge in [0, 0.05) is 18.3 Å². The molecule has 0 aliphatic carbocycles. The lowest BCUT2D eigenvalue weighted by Crippen LogP contribution is -2.42. The number of ether oxygens (including phenoxy) is 1. The molecule has 0 aliphatic rings. The molecule has 1 heterocycles. The number of nitrogens with one attached hydrogen (secondary N) is 1. The van der Waals surface area contributed by atoms with E-state index in [2.05, 4.69) is 9.72 Å². The summed E-state index contributed by atoms with van der Waals surface area (Å²) < 4.78 is 5.48. The molecule has 0 unspecified atom stereocenters. The Morgan fingerprint density at radius 3 is 2.67 bits per heavy atom. The van der Waals surface area contributed by atoms with E-state index >= 15 is 0 Å². The number of carbonyl (C=O) groups excluding carboxylic acids is 2. The number of hydrogen-bond acceptors (Lipinski definition) is 6. The van der Waals surface area contributed by atoms with Crippen molar-refractivity contribution in [1.82, 2.24) is 14.5 Å². The van der Waals surface area contributed by atoms with Gasteiger partial charge in [-0.2, -0.15) is 0 Å². The summed E-state index contributed by atoms with van der Waals surface area (Å²) in [6.45, 7) is 0.424. The fourth-order valence-corrected chi connectivity index (χ4v) is 1.61. The summed E-state index contributed by atoms with van der Waals surface area (Å²) in [5.41, 5.74) is -0.962. The van der Waals surface area contributed by atoms with Crippen molar-refractivity contribution >= 4 is 11.9 Å².